The molecule has 5 heteroatoms. The summed E-state index contributed by atoms with van der Waals surface area (Å²) in [4.78, 5) is 0. The molecule has 2 aromatic rings. The van der Waals surface area contributed by atoms with Crippen molar-refractivity contribution in [1.29, 1.82) is 0 Å². The second kappa shape index (κ2) is 4.50. The molecule has 2 aromatic carbocycles. The fraction of sp³-hybridized carbons (Fsp3) is 0.0833. The Morgan fingerprint density at radius 1 is 1.00 bits per heavy atom. The molecule has 0 fully saturated rings. The zero-order chi connectivity index (χ0) is 12.5. The molecule has 0 bridgehead atoms. The Morgan fingerprint density at radius 2 is 1.65 bits per heavy atom. The minimum absolute atomic E-state index is 0.197. The van der Waals surface area contributed by atoms with Gasteiger partial charge in [-0.2, -0.15) is 13.2 Å². The summed E-state index contributed by atoms with van der Waals surface area (Å²) in [5, 5.41) is 10.4. The second-order valence-corrected chi connectivity index (χ2v) is 4.62. The molecule has 2 rings (SSSR count). The number of hydrogen-bond donors (Lipinski definition) is 2. The molecule has 0 aliphatic heterocycles. The molecule has 17 heavy (non-hydrogen) atoms. The molecule has 1 N–H and O–H groups in total. The molecule has 0 spiro atoms. The summed E-state index contributed by atoms with van der Waals surface area (Å²) in [7, 11) is 0. The number of halogens is 3. The molecule has 0 aromatic heterocycles. The first-order chi connectivity index (χ1) is 7.96. The zero-order valence-corrected chi connectivity index (χ0v) is 9.46. The van der Waals surface area contributed by atoms with Crippen LogP contribution in [-0.2, 0) is 0 Å². The standard InChI is InChI=1S/C12H9F3OS/c13-12(14,15)17-11(16)10-6-5-8-3-1-2-4-9(8)7-10/h1-7,16-17H. The Labute approximate surface area is 99.5 Å². The van der Waals surface area contributed by atoms with Gasteiger partial charge in [0, 0.05) is 5.56 Å². The molecule has 0 unspecified atom stereocenters. The molecule has 0 saturated heterocycles. The average Bonchev–Trinajstić information content (AvgIpc) is 2.26. The van der Waals surface area contributed by atoms with E-state index >= 15 is 0 Å². The van der Waals surface area contributed by atoms with Crippen LogP contribution in [0.25, 0.3) is 10.8 Å². The second-order valence-electron chi connectivity index (χ2n) is 3.47. The fourth-order valence-corrected chi connectivity index (χ4v) is 2.02. The van der Waals surface area contributed by atoms with Crippen molar-refractivity contribution in [2.75, 3.05) is 0 Å². The molecule has 0 aliphatic rings. The van der Waals surface area contributed by atoms with E-state index in [0.29, 0.717) is 0 Å². The smallest absolute Gasteiger partial charge is 0.355 e. The molecule has 0 amide bonds. The minimum atomic E-state index is -4.42. The van der Waals surface area contributed by atoms with E-state index in [1.54, 1.807) is 24.3 Å². The molecule has 0 aliphatic carbocycles. The molecule has 1 nitrogen and oxygen atoms in total. The topological polar surface area (TPSA) is 20.2 Å². The Morgan fingerprint density at radius 3 is 2.29 bits per heavy atom. The van der Waals surface area contributed by atoms with Crippen LogP contribution in [0.4, 0.5) is 13.2 Å². The number of thiol groups is 1. The third-order valence-electron chi connectivity index (χ3n) is 2.24. The summed E-state index contributed by atoms with van der Waals surface area (Å²) in [5.41, 5.74) is -4.22. The lowest BCUT2D eigenvalue weighted by molar-refractivity contribution is -0.0311. The van der Waals surface area contributed by atoms with E-state index in [1.807, 2.05) is 12.1 Å². The Kier molecular flexibility index (Phi) is 3.22. The maximum absolute atomic E-state index is 12.1. The first kappa shape index (κ1) is 12.1. The van der Waals surface area contributed by atoms with Crippen LogP contribution in [0.2, 0.25) is 0 Å². The van der Waals surface area contributed by atoms with Crippen molar-refractivity contribution in [3.05, 3.63) is 48.0 Å². The maximum Gasteiger partial charge on any atom is 0.436 e. The summed E-state index contributed by atoms with van der Waals surface area (Å²) < 4.78 is 36.3. The number of aliphatic hydroxyl groups excluding tert-OH is 1. The highest BCUT2D eigenvalue weighted by molar-refractivity contribution is 7.99. The first-order valence-electron chi connectivity index (χ1n) is 4.80. The van der Waals surface area contributed by atoms with E-state index in [9.17, 15) is 18.3 Å². The Balaban J connectivity index is 2.47. The van der Waals surface area contributed by atoms with Crippen LogP contribution < -0.4 is 0 Å². The average molecular weight is 258 g/mol. The first-order valence-corrected chi connectivity index (χ1v) is 5.70. The molecule has 0 radical (unpaired) electrons. The highest BCUT2D eigenvalue weighted by Gasteiger charge is 2.24. The zero-order valence-electron chi connectivity index (χ0n) is 8.57. The van der Waals surface area contributed by atoms with Crippen LogP contribution in [0.1, 0.15) is 5.56 Å². The quantitative estimate of drug-likeness (QED) is 0.588. The van der Waals surface area contributed by atoms with E-state index in [1.165, 1.54) is 6.07 Å². The van der Waals surface area contributed by atoms with E-state index < -0.39 is 21.9 Å². The molecule has 90 valence electrons. The van der Waals surface area contributed by atoms with Crippen molar-refractivity contribution >= 4 is 27.2 Å². The Bertz CT molecular complexity index is 575. The molecular weight excluding hydrogens is 249 g/mol. The highest BCUT2D eigenvalue weighted by Crippen LogP contribution is 2.26. The van der Waals surface area contributed by atoms with Crippen LogP contribution in [-0.4, -0.2) is 15.7 Å². The van der Waals surface area contributed by atoms with Gasteiger partial charge in [-0.25, -0.2) is 0 Å². The number of fused-ring (bicyclic) bond motifs is 1. The summed E-state index contributed by atoms with van der Waals surface area (Å²) in [5.74, 6) is 0. The van der Waals surface area contributed by atoms with Crippen molar-refractivity contribution in [1.82, 2.24) is 0 Å². The van der Waals surface area contributed by atoms with Crippen LogP contribution in [0, 0.1) is 0 Å². The van der Waals surface area contributed by atoms with E-state index in [4.69, 9.17) is 0 Å². The van der Waals surface area contributed by atoms with Gasteiger partial charge in [0.15, 0.2) is 0 Å². The van der Waals surface area contributed by atoms with Crippen molar-refractivity contribution in [3.63, 3.8) is 0 Å². The highest BCUT2D eigenvalue weighted by atomic mass is 32.1. The predicted octanol–water partition coefficient (Wildman–Crippen LogP) is 3.86. The third kappa shape index (κ3) is 3.08. The third-order valence-corrected chi connectivity index (χ3v) is 2.96. The number of benzene rings is 2. The van der Waals surface area contributed by atoms with Gasteiger partial charge in [-0.05, 0) is 16.8 Å². The van der Waals surface area contributed by atoms with Gasteiger partial charge >= 0.3 is 5.51 Å². The summed E-state index contributed by atoms with van der Waals surface area (Å²) in [6.45, 7) is 0. The van der Waals surface area contributed by atoms with E-state index in [-0.39, 0.29) is 5.56 Å². The molecule has 0 heterocycles. The van der Waals surface area contributed by atoms with Crippen LogP contribution in [0.15, 0.2) is 42.5 Å². The van der Waals surface area contributed by atoms with Gasteiger partial charge in [0.2, 0.25) is 0 Å². The summed E-state index contributed by atoms with van der Waals surface area (Å²) >= 11 is -1.04. The minimum Gasteiger partial charge on any atom is -0.355 e. The lowest BCUT2D eigenvalue weighted by Gasteiger charge is -2.05. The van der Waals surface area contributed by atoms with Crippen molar-refractivity contribution in [3.8, 4) is 0 Å². The fourth-order valence-electron chi connectivity index (χ4n) is 1.51. The number of rotatable bonds is 1. The summed E-state index contributed by atoms with van der Waals surface area (Å²) in [6.07, 6.45) is 0. The van der Waals surface area contributed by atoms with Gasteiger partial charge in [0.05, 0.1) is 0 Å². The predicted molar refractivity (Wildman–Crippen MR) is 65.7 cm³/mol. The molecule has 0 saturated carbocycles. The lowest BCUT2D eigenvalue weighted by Crippen LogP contribution is -2.04. The monoisotopic (exact) mass is 258 g/mol. The van der Waals surface area contributed by atoms with Crippen molar-refractivity contribution < 1.29 is 18.3 Å². The van der Waals surface area contributed by atoms with Crippen molar-refractivity contribution in [2.45, 2.75) is 5.51 Å². The van der Waals surface area contributed by atoms with Gasteiger partial charge in [0.25, 0.3) is 0 Å². The number of aliphatic hydroxyl groups is 1. The van der Waals surface area contributed by atoms with E-state index in [2.05, 4.69) is 0 Å². The van der Waals surface area contributed by atoms with Gasteiger partial charge in [-0.1, -0.05) is 47.7 Å². The molecular formula is C12H9F3OS. The number of alkyl halides is 3. The SMILES string of the molecule is OC(=[SH]C(F)(F)F)c1ccc2ccccc2c1. The van der Waals surface area contributed by atoms with E-state index in [0.717, 1.165) is 10.8 Å². The molecule has 0 atom stereocenters. The van der Waals surface area contributed by atoms with Gasteiger partial charge in [-0.3, -0.25) is 0 Å². The summed E-state index contributed by atoms with van der Waals surface area (Å²) in [6, 6.07) is 12.0. The maximum atomic E-state index is 12.1. The van der Waals surface area contributed by atoms with Gasteiger partial charge in [0.1, 0.15) is 5.05 Å². The Hall–Kier alpha value is -1.33. The van der Waals surface area contributed by atoms with Gasteiger partial charge < -0.3 is 5.11 Å². The van der Waals surface area contributed by atoms with Crippen molar-refractivity contribution in [2.24, 2.45) is 0 Å². The largest absolute Gasteiger partial charge is 0.436 e. The van der Waals surface area contributed by atoms with Crippen LogP contribution in [0.5, 0.6) is 0 Å². The number of hydrogen-bond acceptors (Lipinski definition) is 0. The van der Waals surface area contributed by atoms with Gasteiger partial charge in [-0.15, -0.1) is 0 Å². The van der Waals surface area contributed by atoms with Crippen LogP contribution in [0.3, 0.4) is 0 Å². The van der Waals surface area contributed by atoms with Crippen LogP contribution >= 0.6 is 11.4 Å². The normalized spacial score (nSPS) is 13.5. The lowest BCUT2D eigenvalue weighted by atomic mass is 10.1.